The van der Waals surface area contributed by atoms with Gasteiger partial charge in [-0.2, -0.15) is 11.8 Å². The van der Waals surface area contributed by atoms with Crippen LogP contribution >= 0.6 is 11.8 Å². The molecular weight excluding hydrogens is 360 g/mol. The summed E-state index contributed by atoms with van der Waals surface area (Å²) in [6.07, 6.45) is 10.2. The van der Waals surface area contributed by atoms with E-state index in [1.807, 2.05) is 32.1 Å². The molecule has 0 saturated carbocycles. The first-order valence-electron chi connectivity index (χ1n) is 9.46. The molecule has 0 rings (SSSR count). The first kappa shape index (κ1) is 25.2. The van der Waals surface area contributed by atoms with Gasteiger partial charge in [-0.3, -0.25) is 9.59 Å². The zero-order valence-corrected chi connectivity index (χ0v) is 17.6. The summed E-state index contributed by atoms with van der Waals surface area (Å²) in [6, 6.07) is 0. The van der Waals surface area contributed by atoms with Gasteiger partial charge in [0, 0.05) is 24.5 Å². The van der Waals surface area contributed by atoms with Gasteiger partial charge in [-0.25, -0.2) is 0 Å². The first-order valence-corrected chi connectivity index (χ1v) is 10.6. The van der Waals surface area contributed by atoms with E-state index >= 15 is 0 Å². The summed E-state index contributed by atoms with van der Waals surface area (Å²) in [4.78, 5) is 24.0. The number of amides is 2. The first-order chi connectivity index (χ1) is 12.9. The maximum Gasteiger partial charge on any atom is 0.275 e. The third-order valence-electron chi connectivity index (χ3n) is 3.48. The van der Waals surface area contributed by atoms with Crippen LogP contribution in [0, 0.1) is 5.92 Å². The second-order valence-corrected chi connectivity index (χ2v) is 7.67. The zero-order valence-electron chi connectivity index (χ0n) is 16.8. The SMILES string of the molecule is C=C=C(NC(=O)CCSC/C=C\C=C/CC)C(=O)NCC[C@@H](O)CC(C)C. The lowest BCUT2D eigenvalue weighted by molar-refractivity contribution is -0.123. The summed E-state index contributed by atoms with van der Waals surface area (Å²) < 4.78 is 0. The van der Waals surface area contributed by atoms with Crippen molar-refractivity contribution in [2.24, 2.45) is 5.92 Å². The molecule has 0 spiro atoms. The van der Waals surface area contributed by atoms with Crippen molar-refractivity contribution in [3.05, 3.63) is 42.3 Å². The van der Waals surface area contributed by atoms with E-state index in [2.05, 4.69) is 35.9 Å². The van der Waals surface area contributed by atoms with E-state index < -0.39 is 12.0 Å². The Hall–Kier alpha value is -1.75. The fourth-order valence-corrected chi connectivity index (χ4v) is 2.89. The highest BCUT2D eigenvalue weighted by Gasteiger charge is 2.13. The van der Waals surface area contributed by atoms with Crippen molar-refractivity contribution in [2.75, 3.05) is 18.1 Å². The molecule has 0 bridgehead atoms. The van der Waals surface area contributed by atoms with Crippen LogP contribution in [-0.2, 0) is 9.59 Å². The molecule has 6 heteroatoms. The smallest absolute Gasteiger partial charge is 0.275 e. The molecule has 0 aromatic carbocycles. The largest absolute Gasteiger partial charge is 0.393 e. The number of rotatable bonds is 14. The number of nitrogens with one attached hydrogen (secondary N) is 2. The molecule has 0 aliphatic carbocycles. The van der Waals surface area contributed by atoms with Crippen molar-refractivity contribution in [2.45, 2.75) is 52.6 Å². The number of aliphatic hydroxyl groups is 1. The molecule has 3 N–H and O–H groups in total. The highest BCUT2D eigenvalue weighted by Crippen LogP contribution is 2.07. The average molecular weight is 395 g/mol. The van der Waals surface area contributed by atoms with Crippen LogP contribution in [0.2, 0.25) is 0 Å². The van der Waals surface area contributed by atoms with Crippen LogP contribution in [-0.4, -0.2) is 41.1 Å². The van der Waals surface area contributed by atoms with E-state index in [4.69, 9.17) is 0 Å². The van der Waals surface area contributed by atoms with Gasteiger partial charge < -0.3 is 15.7 Å². The van der Waals surface area contributed by atoms with Gasteiger partial charge in [0.15, 0.2) is 0 Å². The molecule has 0 unspecified atom stereocenters. The van der Waals surface area contributed by atoms with Gasteiger partial charge in [-0.05, 0) is 25.2 Å². The topological polar surface area (TPSA) is 78.4 Å². The number of thioether (sulfide) groups is 1. The number of allylic oxidation sites excluding steroid dienone is 3. The van der Waals surface area contributed by atoms with E-state index in [9.17, 15) is 14.7 Å². The number of hydrogen-bond donors (Lipinski definition) is 3. The van der Waals surface area contributed by atoms with Gasteiger partial charge in [0.2, 0.25) is 5.91 Å². The van der Waals surface area contributed by atoms with Crippen LogP contribution in [0.3, 0.4) is 0 Å². The van der Waals surface area contributed by atoms with Crippen LogP contribution in [0.4, 0.5) is 0 Å². The Morgan fingerprint density at radius 1 is 1.26 bits per heavy atom. The molecule has 27 heavy (non-hydrogen) atoms. The van der Waals surface area contributed by atoms with Crippen molar-refractivity contribution >= 4 is 23.6 Å². The highest BCUT2D eigenvalue weighted by atomic mass is 32.2. The predicted molar refractivity (Wildman–Crippen MR) is 114 cm³/mol. The molecule has 0 heterocycles. The molecule has 0 radical (unpaired) electrons. The second kappa shape index (κ2) is 16.4. The van der Waals surface area contributed by atoms with Crippen molar-refractivity contribution < 1.29 is 14.7 Å². The Kier molecular flexibility index (Phi) is 15.4. The third kappa shape index (κ3) is 15.0. The second-order valence-electron chi connectivity index (χ2n) is 6.52. The van der Waals surface area contributed by atoms with E-state index in [1.165, 1.54) is 0 Å². The van der Waals surface area contributed by atoms with Gasteiger partial charge in [-0.1, -0.05) is 57.4 Å². The Bertz CT molecular complexity index is 550. The van der Waals surface area contributed by atoms with Crippen LogP contribution in [0.25, 0.3) is 0 Å². The molecule has 2 amide bonds. The normalized spacial score (nSPS) is 12.3. The van der Waals surface area contributed by atoms with Crippen LogP contribution in [0.5, 0.6) is 0 Å². The lowest BCUT2D eigenvalue weighted by atomic mass is 10.0. The van der Waals surface area contributed by atoms with E-state index in [1.54, 1.807) is 11.8 Å². The quantitative estimate of drug-likeness (QED) is 0.183. The fraction of sp³-hybridized carbons (Fsp3) is 0.571. The van der Waals surface area contributed by atoms with E-state index in [-0.39, 0.29) is 11.6 Å². The Labute approximate surface area is 168 Å². The van der Waals surface area contributed by atoms with Crippen LogP contribution in [0.1, 0.15) is 46.5 Å². The van der Waals surface area contributed by atoms with E-state index in [0.717, 1.165) is 12.2 Å². The molecule has 0 saturated heterocycles. The number of aliphatic hydroxyl groups excluding tert-OH is 1. The summed E-state index contributed by atoms with van der Waals surface area (Å²) in [6.45, 7) is 9.95. The van der Waals surface area contributed by atoms with Crippen molar-refractivity contribution in [1.29, 1.82) is 0 Å². The maximum absolute atomic E-state index is 12.0. The molecule has 0 aromatic rings. The number of hydrogen-bond acceptors (Lipinski definition) is 4. The summed E-state index contributed by atoms with van der Waals surface area (Å²) in [5, 5.41) is 15.0. The monoisotopic (exact) mass is 394 g/mol. The minimum absolute atomic E-state index is 0.0212. The standard InChI is InChI=1S/C21H34N2O3S/c1-5-7-8-9-10-14-27-15-12-20(25)23-19(6-2)21(26)22-13-11-18(24)16-17(3)4/h7-10,17-18,24H,2,5,11-16H2,1,3-4H3,(H,22,26)(H,23,25)/b8-7-,10-9-/t18-/m1/s1. The molecule has 0 fully saturated rings. The molecular formula is C21H34N2O3S. The molecule has 0 aliphatic rings. The molecule has 0 aromatic heterocycles. The van der Waals surface area contributed by atoms with E-state index in [0.29, 0.717) is 37.5 Å². The predicted octanol–water partition coefficient (Wildman–Crippen LogP) is 3.33. The van der Waals surface area contributed by atoms with Crippen molar-refractivity contribution in [3.63, 3.8) is 0 Å². The Morgan fingerprint density at radius 2 is 1.96 bits per heavy atom. The Morgan fingerprint density at radius 3 is 2.59 bits per heavy atom. The minimum Gasteiger partial charge on any atom is -0.393 e. The van der Waals surface area contributed by atoms with Gasteiger partial charge in [0.25, 0.3) is 5.91 Å². The maximum atomic E-state index is 12.0. The minimum atomic E-state index is -0.445. The fourth-order valence-electron chi connectivity index (χ4n) is 2.15. The average Bonchev–Trinajstić information content (AvgIpc) is 2.61. The molecule has 5 nitrogen and oxygen atoms in total. The highest BCUT2D eigenvalue weighted by molar-refractivity contribution is 7.99. The van der Waals surface area contributed by atoms with Crippen molar-refractivity contribution in [1.82, 2.24) is 10.6 Å². The molecule has 0 aliphatic heterocycles. The summed E-state index contributed by atoms with van der Waals surface area (Å²) in [5.74, 6) is 1.23. The van der Waals surface area contributed by atoms with Gasteiger partial charge >= 0.3 is 0 Å². The van der Waals surface area contributed by atoms with Crippen LogP contribution < -0.4 is 10.6 Å². The van der Waals surface area contributed by atoms with Crippen molar-refractivity contribution in [3.8, 4) is 0 Å². The summed E-state index contributed by atoms with van der Waals surface area (Å²) in [5.41, 5.74) is 2.49. The molecule has 152 valence electrons. The van der Waals surface area contributed by atoms with Gasteiger partial charge in [-0.15, -0.1) is 0 Å². The zero-order chi connectivity index (χ0) is 20.5. The lowest BCUT2D eigenvalue weighted by Gasteiger charge is -2.14. The van der Waals surface area contributed by atoms with Gasteiger partial charge in [0.05, 0.1) is 6.10 Å². The molecule has 1 atom stereocenters. The lowest BCUT2D eigenvalue weighted by Crippen LogP contribution is -2.36. The number of carbonyl (C=O) groups is 2. The summed E-state index contributed by atoms with van der Waals surface area (Å²) >= 11 is 1.65. The van der Waals surface area contributed by atoms with Crippen LogP contribution in [0.15, 0.2) is 42.3 Å². The number of carbonyl (C=O) groups excluding carboxylic acids is 2. The van der Waals surface area contributed by atoms with Gasteiger partial charge in [0.1, 0.15) is 5.70 Å². The third-order valence-corrected chi connectivity index (χ3v) is 4.40. The Balaban J connectivity index is 4.04. The summed E-state index contributed by atoms with van der Waals surface area (Å²) in [7, 11) is 0.